The highest BCUT2D eigenvalue weighted by molar-refractivity contribution is 7.22. The van der Waals surface area contributed by atoms with Gasteiger partial charge in [-0.2, -0.15) is 0 Å². The Morgan fingerprint density at radius 1 is 1.45 bits per heavy atom. The van der Waals surface area contributed by atoms with Crippen molar-refractivity contribution in [1.29, 1.82) is 0 Å². The maximum absolute atomic E-state index is 12.1. The van der Waals surface area contributed by atoms with Gasteiger partial charge in [-0.05, 0) is 37.5 Å². The molecule has 1 saturated carbocycles. The van der Waals surface area contributed by atoms with Crippen molar-refractivity contribution in [1.82, 2.24) is 4.98 Å². The average Bonchev–Trinajstić information content (AvgIpc) is 2.94. The van der Waals surface area contributed by atoms with Gasteiger partial charge in [-0.1, -0.05) is 23.8 Å². The van der Waals surface area contributed by atoms with Crippen LogP contribution in [-0.2, 0) is 4.79 Å². The molecule has 1 aliphatic carbocycles. The number of aromatic nitrogens is 1. The molecule has 0 aliphatic heterocycles. The first-order valence-electron chi connectivity index (χ1n) is 6.57. The minimum atomic E-state index is -0.0613. The molecule has 1 fully saturated rings. The van der Waals surface area contributed by atoms with Crippen LogP contribution in [0, 0.1) is 12.8 Å². The van der Waals surface area contributed by atoms with E-state index in [0.29, 0.717) is 5.13 Å². The van der Waals surface area contributed by atoms with E-state index in [1.165, 1.54) is 16.9 Å². The molecule has 0 saturated heterocycles. The van der Waals surface area contributed by atoms with Crippen molar-refractivity contribution in [2.45, 2.75) is 32.2 Å². The van der Waals surface area contributed by atoms with Crippen LogP contribution >= 0.6 is 23.7 Å². The lowest BCUT2D eigenvalue weighted by atomic mass is 10.0. The topological polar surface area (TPSA) is 68.0 Å². The number of aryl methyl sites for hydroxylation is 1. The van der Waals surface area contributed by atoms with E-state index in [9.17, 15) is 4.79 Å². The van der Waals surface area contributed by atoms with E-state index in [-0.39, 0.29) is 30.3 Å². The number of anilines is 1. The van der Waals surface area contributed by atoms with Gasteiger partial charge in [0.05, 0.1) is 16.1 Å². The smallest absolute Gasteiger partial charge is 0.230 e. The molecule has 6 heteroatoms. The molecule has 2 atom stereocenters. The Morgan fingerprint density at radius 2 is 2.25 bits per heavy atom. The second-order valence-electron chi connectivity index (χ2n) is 5.18. The molecule has 3 rings (SSSR count). The zero-order chi connectivity index (χ0) is 13.4. The molecule has 108 valence electrons. The fraction of sp³-hybridized carbons (Fsp3) is 0.429. The summed E-state index contributed by atoms with van der Waals surface area (Å²) in [5, 5.41) is 3.58. The van der Waals surface area contributed by atoms with Crippen LogP contribution in [0.4, 0.5) is 5.13 Å². The van der Waals surface area contributed by atoms with Gasteiger partial charge in [0.1, 0.15) is 0 Å². The van der Waals surface area contributed by atoms with E-state index in [1.807, 2.05) is 12.1 Å². The van der Waals surface area contributed by atoms with Gasteiger partial charge in [0, 0.05) is 6.04 Å². The standard InChI is InChI=1S/C14H17N3OS.ClH/c1-8-5-6-11-12(7-8)19-14(16-11)17-13(18)9-3-2-4-10(9)15;/h5-7,9-10H,2-4,15H2,1H3,(H,16,17,18);1H. The number of carbonyl (C=O) groups excluding carboxylic acids is 1. The summed E-state index contributed by atoms with van der Waals surface area (Å²) in [5.41, 5.74) is 8.08. The second-order valence-corrected chi connectivity index (χ2v) is 6.21. The van der Waals surface area contributed by atoms with Gasteiger partial charge in [0.15, 0.2) is 5.13 Å². The molecule has 3 N–H and O–H groups in total. The number of thiazole rings is 1. The number of hydrogen-bond donors (Lipinski definition) is 2. The van der Waals surface area contributed by atoms with Crippen molar-refractivity contribution < 1.29 is 4.79 Å². The Labute approximate surface area is 128 Å². The Kier molecular flexibility index (Phi) is 4.62. The van der Waals surface area contributed by atoms with Crippen LogP contribution in [0.3, 0.4) is 0 Å². The number of hydrogen-bond acceptors (Lipinski definition) is 4. The summed E-state index contributed by atoms with van der Waals surface area (Å²) >= 11 is 1.52. The molecule has 0 radical (unpaired) electrons. The van der Waals surface area contributed by atoms with E-state index >= 15 is 0 Å². The first-order chi connectivity index (χ1) is 9.13. The van der Waals surface area contributed by atoms with E-state index in [0.717, 1.165) is 29.5 Å². The number of amides is 1. The summed E-state index contributed by atoms with van der Waals surface area (Å²) in [7, 11) is 0. The number of halogens is 1. The zero-order valence-electron chi connectivity index (χ0n) is 11.3. The normalized spacial score (nSPS) is 21.7. The minimum Gasteiger partial charge on any atom is -0.327 e. The highest BCUT2D eigenvalue weighted by atomic mass is 35.5. The number of nitrogens with one attached hydrogen (secondary N) is 1. The van der Waals surface area contributed by atoms with E-state index in [1.54, 1.807) is 0 Å². The van der Waals surface area contributed by atoms with Crippen molar-refractivity contribution in [2.24, 2.45) is 11.7 Å². The third-order valence-corrected chi connectivity index (χ3v) is 4.61. The van der Waals surface area contributed by atoms with Crippen LogP contribution in [0.15, 0.2) is 18.2 Å². The van der Waals surface area contributed by atoms with Crippen molar-refractivity contribution in [3.8, 4) is 0 Å². The summed E-state index contributed by atoms with van der Waals surface area (Å²) in [4.78, 5) is 16.6. The van der Waals surface area contributed by atoms with Gasteiger partial charge >= 0.3 is 0 Å². The fourth-order valence-electron chi connectivity index (χ4n) is 2.60. The summed E-state index contributed by atoms with van der Waals surface area (Å²) in [5.74, 6) is -0.0467. The predicted octanol–water partition coefficient (Wildman–Crippen LogP) is 3.09. The molecule has 1 aromatic carbocycles. The monoisotopic (exact) mass is 311 g/mol. The Morgan fingerprint density at radius 3 is 2.95 bits per heavy atom. The third kappa shape index (κ3) is 2.95. The molecule has 20 heavy (non-hydrogen) atoms. The number of carbonyl (C=O) groups is 1. The van der Waals surface area contributed by atoms with Crippen LogP contribution in [0.25, 0.3) is 10.2 Å². The highest BCUT2D eigenvalue weighted by Gasteiger charge is 2.30. The van der Waals surface area contributed by atoms with E-state index < -0.39 is 0 Å². The molecule has 1 amide bonds. The maximum Gasteiger partial charge on any atom is 0.230 e. The molecular formula is C14H18ClN3OS. The molecule has 1 aliphatic rings. The molecule has 2 aromatic rings. The number of rotatable bonds is 2. The molecule has 1 heterocycles. The minimum absolute atomic E-state index is 0. The van der Waals surface area contributed by atoms with Crippen LogP contribution in [0.2, 0.25) is 0 Å². The van der Waals surface area contributed by atoms with Gasteiger partial charge in [-0.15, -0.1) is 12.4 Å². The maximum atomic E-state index is 12.1. The Balaban J connectivity index is 0.00000147. The number of fused-ring (bicyclic) bond motifs is 1. The van der Waals surface area contributed by atoms with Crippen LogP contribution in [-0.4, -0.2) is 16.9 Å². The number of nitrogens with zero attached hydrogens (tertiary/aromatic N) is 1. The zero-order valence-corrected chi connectivity index (χ0v) is 12.9. The highest BCUT2D eigenvalue weighted by Crippen LogP contribution is 2.29. The van der Waals surface area contributed by atoms with Gasteiger partial charge in [-0.3, -0.25) is 4.79 Å². The van der Waals surface area contributed by atoms with Crippen molar-refractivity contribution in [3.63, 3.8) is 0 Å². The molecule has 4 nitrogen and oxygen atoms in total. The first kappa shape index (κ1) is 15.2. The SMILES string of the molecule is Cc1ccc2nc(NC(=O)C3CCCC3N)sc2c1.Cl. The number of benzene rings is 1. The Hall–Kier alpha value is -1.17. The second kappa shape index (κ2) is 6.08. The van der Waals surface area contributed by atoms with Gasteiger partial charge in [0.25, 0.3) is 0 Å². The van der Waals surface area contributed by atoms with Crippen molar-refractivity contribution >= 4 is 45.0 Å². The third-order valence-electron chi connectivity index (χ3n) is 3.68. The Bertz CT molecular complexity index is 628. The van der Waals surface area contributed by atoms with Crippen molar-refractivity contribution in [3.05, 3.63) is 23.8 Å². The molecule has 0 bridgehead atoms. The number of nitrogens with two attached hydrogens (primary N) is 1. The quantitative estimate of drug-likeness (QED) is 0.895. The van der Waals surface area contributed by atoms with Crippen LogP contribution < -0.4 is 11.1 Å². The summed E-state index contributed by atoms with van der Waals surface area (Å²) in [6, 6.07) is 6.10. The van der Waals surface area contributed by atoms with Gasteiger partial charge < -0.3 is 11.1 Å². The predicted molar refractivity (Wildman–Crippen MR) is 85.6 cm³/mol. The van der Waals surface area contributed by atoms with Crippen LogP contribution in [0.5, 0.6) is 0 Å². The average molecular weight is 312 g/mol. The molecule has 0 spiro atoms. The molecular weight excluding hydrogens is 294 g/mol. The molecule has 1 aromatic heterocycles. The first-order valence-corrected chi connectivity index (χ1v) is 7.39. The van der Waals surface area contributed by atoms with Crippen LogP contribution in [0.1, 0.15) is 24.8 Å². The fourth-order valence-corrected chi connectivity index (χ4v) is 3.56. The lowest BCUT2D eigenvalue weighted by Gasteiger charge is -2.13. The lowest BCUT2D eigenvalue weighted by molar-refractivity contribution is -0.120. The van der Waals surface area contributed by atoms with Crippen molar-refractivity contribution in [2.75, 3.05) is 5.32 Å². The van der Waals surface area contributed by atoms with Gasteiger partial charge in [0.2, 0.25) is 5.91 Å². The summed E-state index contributed by atoms with van der Waals surface area (Å²) in [6.07, 6.45) is 2.87. The van der Waals surface area contributed by atoms with Gasteiger partial charge in [-0.25, -0.2) is 4.98 Å². The largest absolute Gasteiger partial charge is 0.327 e. The van der Waals surface area contributed by atoms with E-state index in [4.69, 9.17) is 5.73 Å². The summed E-state index contributed by atoms with van der Waals surface area (Å²) in [6.45, 7) is 2.05. The van der Waals surface area contributed by atoms with E-state index in [2.05, 4.69) is 23.3 Å². The molecule has 2 unspecified atom stereocenters. The lowest BCUT2D eigenvalue weighted by Crippen LogP contribution is -2.34. The summed E-state index contributed by atoms with van der Waals surface area (Å²) < 4.78 is 1.10.